The molecular weight excluding hydrogens is 307 g/mol. The van der Waals surface area contributed by atoms with Crippen molar-refractivity contribution >= 4 is 11.8 Å². The lowest BCUT2D eigenvalue weighted by molar-refractivity contribution is -0.133. The highest BCUT2D eigenvalue weighted by atomic mass is 19.1. The van der Waals surface area contributed by atoms with Crippen LogP contribution in [0.15, 0.2) is 42.5 Å². The number of hydrogen-bond acceptors (Lipinski definition) is 2. The normalized spacial score (nSPS) is 14.9. The van der Waals surface area contributed by atoms with Gasteiger partial charge in [-0.05, 0) is 47.9 Å². The maximum Gasteiger partial charge on any atom is 0.254 e. The zero-order valence-electron chi connectivity index (χ0n) is 13.8. The van der Waals surface area contributed by atoms with E-state index >= 15 is 0 Å². The van der Waals surface area contributed by atoms with Crippen molar-refractivity contribution in [2.75, 3.05) is 26.7 Å². The Morgan fingerprint density at radius 3 is 2.33 bits per heavy atom. The smallest absolute Gasteiger partial charge is 0.254 e. The van der Waals surface area contributed by atoms with E-state index in [1.807, 2.05) is 12.1 Å². The van der Waals surface area contributed by atoms with Gasteiger partial charge in [0.1, 0.15) is 12.4 Å². The molecule has 24 heavy (non-hydrogen) atoms. The number of benzene rings is 2. The number of amides is 2. The van der Waals surface area contributed by atoms with Crippen LogP contribution in [0.5, 0.6) is 0 Å². The Hall–Kier alpha value is -2.69. The average molecular weight is 326 g/mol. The van der Waals surface area contributed by atoms with E-state index in [1.165, 1.54) is 6.07 Å². The summed E-state index contributed by atoms with van der Waals surface area (Å²) in [4.78, 5) is 27.4. The van der Waals surface area contributed by atoms with Gasteiger partial charge in [0.25, 0.3) is 5.91 Å². The first kappa shape index (κ1) is 16.2. The maximum atomic E-state index is 13.4. The van der Waals surface area contributed by atoms with E-state index in [1.54, 1.807) is 48.0 Å². The molecule has 1 heterocycles. The van der Waals surface area contributed by atoms with Crippen LogP contribution in [0.4, 0.5) is 4.39 Å². The van der Waals surface area contributed by atoms with E-state index < -0.39 is 0 Å². The lowest BCUT2D eigenvalue weighted by Crippen LogP contribution is -2.50. The van der Waals surface area contributed by atoms with E-state index in [9.17, 15) is 14.0 Å². The number of piperazine rings is 1. The monoisotopic (exact) mass is 326 g/mol. The van der Waals surface area contributed by atoms with E-state index in [4.69, 9.17) is 0 Å². The van der Waals surface area contributed by atoms with Crippen LogP contribution in [0.1, 0.15) is 15.9 Å². The standard InChI is InChI=1S/C19H19FN2O2/c1-13-11-16(7-8-17(13)20)14-3-5-15(6-4-14)19(24)22-10-9-21(2)18(23)12-22/h3-8,11H,9-10,12H2,1-2H3. The minimum atomic E-state index is -0.231. The lowest BCUT2D eigenvalue weighted by Gasteiger charge is -2.32. The second-order valence-electron chi connectivity index (χ2n) is 6.08. The Labute approximate surface area is 140 Å². The number of nitrogens with zero attached hydrogens (tertiary/aromatic N) is 2. The van der Waals surface area contributed by atoms with Crippen molar-refractivity contribution in [2.45, 2.75) is 6.92 Å². The summed E-state index contributed by atoms with van der Waals surface area (Å²) in [5.41, 5.74) is 2.96. The van der Waals surface area contributed by atoms with Gasteiger partial charge in [-0.25, -0.2) is 4.39 Å². The molecule has 1 saturated heterocycles. The Bertz CT molecular complexity index is 786. The average Bonchev–Trinajstić information content (AvgIpc) is 2.59. The number of carbonyl (C=O) groups is 2. The molecule has 1 aliphatic rings. The molecule has 0 saturated carbocycles. The number of aryl methyl sites for hydroxylation is 1. The van der Waals surface area contributed by atoms with Gasteiger partial charge in [-0.1, -0.05) is 18.2 Å². The number of likely N-dealkylation sites (N-methyl/N-ethyl adjacent to an activating group) is 1. The molecule has 0 atom stereocenters. The van der Waals surface area contributed by atoms with Gasteiger partial charge in [0.15, 0.2) is 0 Å². The predicted octanol–water partition coefficient (Wildman–Crippen LogP) is 2.72. The van der Waals surface area contributed by atoms with Crippen molar-refractivity contribution in [2.24, 2.45) is 0 Å². The molecular formula is C19H19FN2O2. The van der Waals surface area contributed by atoms with E-state index in [-0.39, 0.29) is 24.2 Å². The summed E-state index contributed by atoms with van der Waals surface area (Å²) in [7, 11) is 1.74. The van der Waals surface area contributed by atoms with Crippen LogP contribution < -0.4 is 0 Å². The van der Waals surface area contributed by atoms with E-state index in [2.05, 4.69) is 0 Å². The molecule has 0 radical (unpaired) electrons. The zero-order valence-corrected chi connectivity index (χ0v) is 13.8. The van der Waals surface area contributed by atoms with Gasteiger partial charge in [0.05, 0.1) is 0 Å². The fourth-order valence-corrected chi connectivity index (χ4v) is 2.74. The molecule has 2 amide bonds. The SMILES string of the molecule is Cc1cc(-c2ccc(C(=O)N3CCN(C)C(=O)C3)cc2)ccc1F. The van der Waals surface area contributed by atoms with Crippen molar-refractivity contribution < 1.29 is 14.0 Å². The summed E-state index contributed by atoms with van der Waals surface area (Å²) in [5, 5.41) is 0. The first-order valence-corrected chi connectivity index (χ1v) is 7.85. The molecule has 124 valence electrons. The van der Waals surface area contributed by atoms with E-state index in [0.717, 1.165) is 11.1 Å². The molecule has 0 unspecified atom stereocenters. The predicted molar refractivity (Wildman–Crippen MR) is 90.1 cm³/mol. The third-order valence-corrected chi connectivity index (χ3v) is 4.37. The molecule has 2 aromatic rings. The Morgan fingerprint density at radius 1 is 1.04 bits per heavy atom. The number of halogens is 1. The third-order valence-electron chi connectivity index (χ3n) is 4.37. The summed E-state index contributed by atoms with van der Waals surface area (Å²) in [6.07, 6.45) is 0. The van der Waals surface area contributed by atoms with Crippen LogP contribution in [0.25, 0.3) is 11.1 Å². The minimum absolute atomic E-state index is 0.0481. The molecule has 0 N–H and O–H groups in total. The van der Waals surface area contributed by atoms with Gasteiger partial charge in [0.2, 0.25) is 5.91 Å². The molecule has 1 aliphatic heterocycles. The van der Waals surface area contributed by atoms with Crippen LogP contribution >= 0.6 is 0 Å². The molecule has 5 heteroatoms. The van der Waals surface area contributed by atoms with Gasteiger partial charge >= 0.3 is 0 Å². The summed E-state index contributed by atoms with van der Waals surface area (Å²) in [6, 6.07) is 12.1. The highest BCUT2D eigenvalue weighted by Gasteiger charge is 2.25. The van der Waals surface area contributed by atoms with Crippen LogP contribution in [0, 0.1) is 12.7 Å². The summed E-state index contributed by atoms with van der Waals surface area (Å²) >= 11 is 0. The van der Waals surface area contributed by atoms with Gasteiger partial charge < -0.3 is 9.80 Å². The van der Waals surface area contributed by atoms with Gasteiger partial charge in [-0.15, -0.1) is 0 Å². The quantitative estimate of drug-likeness (QED) is 0.851. The zero-order chi connectivity index (χ0) is 17.3. The molecule has 0 aliphatic carbocycles. The highest BCUT2D eigenvalue weighted by Crippen LogP contribution is 2.23. The second-order valence-corrected chi connectivity index (χ2v) is 6.08. The molecule has 0 aromatic heterocycles. The molecule has 1 fully saturated rings. The molecule has 4 nitrogen and oxygen atoms in total. The first-order valence-electron chi connectivity index (χ1n) is 7.85. The van der Waals surface area contributed by atoms with Crippen LogP contribution in [0.3, 0.4) is 0 Å². The third kappa shape index (κ3) is 3.15. The Balaban J connectivity index is 1.78. The van der Waals surface area contributed by atoms with Gasteiger partial charge in [-0.2, -0.15) is 0 Å². The second kappa shape index (κ2) is 6.43. The lowest BCUT2D eigenvalue weighted by atomic mass is 10.0. The van der Waals surface area contributed by atoms with Crippen LogP contribution in [-0.4, -0.2) is 48.3 Å². The number of carbonyl (C=O) groups excluding carboxylic acids is 2. The van der Waals surface area contributed by atoms with Crippen LogP contribution in [-0.2, 0) is 4.79 Å². The van der Waals surface area contributed by atoms with Gasteiger partial charge in [0, 0.05) is 25.7 Å². The summed E-state index contributed by atoms with van der Waals surface area (Å²) in [6.45, 7) is 2.94. The largest absolute Gasteiger partial charge is 0.342 e. The Morgan fingerprint density at radius 2 is 1.71 bits per heavy atom. The maximum absolute atomic E-state index is 13.4. The van der Waals surface area contributed by atoms with Crippen molar-refractivity contribution in [1.29, 1.82) is 0 Å². The molecule has 2 aromatic carbocycles. The number of rotatable bonds is 2. The fourth-order valence-electron chi connectivity index (χ4n) is 2.74. The van der Waals surface area contributed by atoms with Crippen molar-refractivity contribution in [3.8, 4) is 11.1 Å². The van der Waals surface area contributed by atoms with Gasteiger partial charge in [-0.3, -0.25) is 9.59 Å². The number of hydrogen-bond donors (Lipinski definition) is 0. The minimum Gasteiger partial charge on any atom is -0.342 e. The Kier molecular flexibility index (Phi) is 4.34. The first-order chi connectivity index (χ1) is 11.5. The molecule has 3 rings (SSSR count). The van der Waals surface area contributed by atoms with Crippen molar-refractivity contribution in [1.82, 2.24) is 9.80 Å². The molecule has 0 spiro atoms. The van der Waals surface area contributed by atoms with Crippen LogP contribution in [0.2, 0.25) is 0 Å². The van der Waals surface area contributed by atoms with E-state index in [0.29, 0.717) is 24.2 Å². The highest BCUT2D eigenvalue weighted by molar-refractivity contribution is 5.97. The van der Waals surface area contributed by atoms with Crippen molar-refractivity contribution in [3.05, 3.63) is 59.4 Å². The summed E-state index contributed by atoms with van der Waals surface area (Å²) in [5.74, 6) is -0.420. The summed E-state index contributed by atoms with van der Waals surface area (Å²) < 4.78 is 13.4. The molecule has 0 bridgehead atoms. The fraction of sp³-hybridized carbons (Fsp3) is 0.263. The van der Waals surface area contributed by atoms with Crippen molar-refractivity contribution in [3.63, 3.8) is 0 Å². The topological polar surface area (TPSA) is 40.6 Å².